The molecule has 1 aliphatic carbocycles. The lowest BCUT2D eigenvalue weighted by Gasteiger charge is -2.09. The highest BCUT2D eigenvalue weighted by atomic mass is 32.2. The molecule has 0 radical (unpaired) electrons. The van der Waals surface area contributed by atoms with Gasteiger partial charge in [-0.05, 0) is 25.2 Å². The molecule has 0 aliphatic heterocycles. The Morgan fingerprint density at radius 1 is 1.37 bits per heavy atom. The molecule has 2 rings (SSSR count). The van der Waals surface area contributed by atoms with Gasteiger partial charge in [-0.2, -0.15) is 16.7 Å². The summed E-state index contributed by atoms with van der Waals surface area (Å²) in [5.74, 6) is 2.64. The first-order valence-electron chi connectivity index (χ1n) is 7.24. The first-order valence-corrected chi connectivity index (χ1v) is 8.29. The smallest absolute Gasteiger partial charge is 0.229 e. The molecule has 1 aromatic rings. The number of rotatable bonds is 7. The summed E-state index contributed by atoms with van der Waals surface area (Å²) < 4.78 is 5.20. The molecule has 1 aromatic heterocycles. The normalized spacial score (nSPS) is 18.3. The predicted octanol–water partition coefficient (Wildman–Crippen LogP) is 3.19. The third-order valence-corrected chi connectivity index (χ3v) is 4.78. The summed E-state index contributed by atoms with van der Waals surface area (Å²) >= 11 is 1.93. The van der Waals surface area contributed by atoms with E-state index < -0.39 is 0 Å². The number of thioether (sulfide) groups is 1. The highest BCUT2D eigenvalue weighted by Crippen LogP contribution is 2.31. The molecule has 1 fully saturated rings. The van der Waals surface area contributed by atoms with Gasteiger partial charge in [0, 0.05) is 5.25 Å². The van der Waals surface area contributed by atoms with Crippen molar-refractivity contribution in [3.8, 4) is 0 Å². The van der Waals surface area contributed by atoms with E-state index in [9.17, 15) is 5.11 Å². The topological polar surface area (TPSA) is 59.2 Å². The van der Waals surface area contributed by atoms with E-state index in [-0.39, 0.29) is 6.10 Å². The van der Waals surface area contributed by atoms with E-state index in [1.54, 1.807) is 0 Å². The summed E-state index contributed by atoms with van der Waals surface area (Å²) in [5.41, 5.74) is 0. The Hall–Kier alpha value is -0.550. The Morgan fingerprint density at radius 3 is 2.79 bits per heavy atom. The van der Waals surface area contributed by atoms with Gasteiger partial charge in [-0.1, -0.05) is 31.8 Å². The fraction of sp³-hybridized carbons (Fsp3) is 0.857. The number of hydrogen-bond acceptors (Lipinski definition) is 5. The van der Waals surface area contributed by atoms with Crippen LogP contribution in [0.4, 0.5) is 0 Å². The Morgan fingerprint density at radius 2 is 2.11 bits per heavy atom. The van der Waals surface area contributed by atoms with Crippen LogP contribution in [-0.2, 0) is 12.2 Å². The van der Waals surface area contributed by atoms with E-state index in [0.717, 1.165) is 23.2 Å². The maximum absolute atomic E-state index is 9.85. The lowest BCUT2D eigenvalue weighted by atomic mass is 10.0. The molecule has 1 saturated carbocycles. The molecule has 0 spiro atoms. The maximum atomic E-state index is 9.85. The minimum Gasteiger partial charge on any atom is -0.393 e. The van der Waals surface area contributed by atoms with Crippen molar-refractivity contribution in [2.24, 2.45) is 5.92 Å². The quantitative estimate of drug-likeness (QED) is 0.833. The number of aromatic nitrogens is 2. The van der Waals surface area contributed by atoms with Gasteiger partial charge in [0.15, 0.2) is 5.82 Å². The molecule has 1 atom stereocenters. The molecule has 1 unspecified atom stereocenters. The highest BCUT2D eigenvalue weighted by Gasteiger charge is 2.17. The average molecular weight is 284 g/mol. The fourth-order valence-electron chi connectivity index (χ4n) is 2.51. The van der Waals surface area contributed by atoms with Crippen molar-refractivity contribution < 1.29 is 9.63 Å². The molecule has 0 amide bonds. The SMILES string of the molecule is CC(C)CC(O)Cc1nc(CSC2CCCC2)no1. The first kappa shape index (κ1) is 14.9. The summed E-state index contributed by atoms with van der Waals surface area (Å²) in [7, 11) is 0. The van der Waals surface area contributed by atoms with Crippen LogP contribution < -0.4 is 0 Å². The van der Waals surface area contributed by atoms with Crippen LogP contribution in [0.5, 0.6) is 0 Å². The minimum absolute atomic E-state index is 0.379. The third-order valence-electron chi connectivity index (χ3n) is 3.41. The zero-order chi connectivity index (χ0) is 13.7. The summed E-state index contributed by atoms with van der Waals surface area (Å²) in [6.07, 6.45) is 6.22. The van der Waals surface area contributed by atoms with Crippen LogP contribution in [0.15, 0.2) is 4.52 Å². The van der Waals surface area contributed by atoms with E-state index in [4.69, 9.17) is 4.52 Å². The van der Waals surface area contributed by atoms with Gasteiger partial charge in [0.2, 0.25) is 5.89 Å². The fourth-order valence-corrected chi connectivity index (χ4v) is 3.68. The van der Waals surface area contributed by atoms with Gasteiger partial charge in [-0.3, -0.25) is 0 Å². The molecule has 4 nitrogen and oxygen atoms in total. The zero-order valence-electron chi connectivity index (χ0n) is 11.8. The molecule has 108 valence electrons. The minimum atomic E-state index is -0.379. The van der Waals surface area contributed by atoms with Gasteiger partial charge in [0.1, 0.15) is 0 Å². The number of nitrogens with zero attached hydrogens (tertiary/aromatic N) is 2. The van der Waals surface area contributed by atoms with E-state index in [1.807, 2.05) is 11.8 Å². The summed E-state index contributed by atoms with van der Waals surface area (Å²) in [6.45, 7) is 4.20. The number of hydrogen-bond donors (Lipinski definition) is 1. The van der Waals surface area contributed by atoms with Crippen LogP contribution in [0, 0.1) is 5.92 Å². The van der Waals surface area contributed by atoms with Crippen molar-refractivity contribution in [2.45, 2.75) is 69.5 Å². The Labute approximate surface area is 119 Å². The first-order chi connectivity index (χ1) is 9.13. The van der Waals surface area contributed by atoms with Crippen LogP contribution in [0.25, 0.3) is 0 Å². The van der Waals surface area contributed by atoms with E-state index in [0.29, 0.717) is 18.2 Å². The Balaban J connectivity index is 1.74. The molecule has 0 saturated heterocycles. The van der Waals surface area contributed by atoms with Gasteiger partial charge < -0.3 is 9.63 Å². The van der Waals surface area contributed by atoms with E-state index >= 15 is 0 Å². The largest absolute Gasteiger partial charge is 0.393 e. The van der Waals surface area contributed by atoms with Crippen LogP contribution >= 0.6 is 11.8 Å². The van der Waals surface area contributed by atoms with Gasteiger partial charge in [0.25, 0.3) is 0 Å². The molecule has 1 N–H and O–H groups in total. The van der Waals surface area contributed by atoms with Gasteiger partial charge >= 0.3 is 0 Å². The monoisotopic (exact) mass is 284 g/mol. The van der Waals surface area contributed by atoms with Crippen LogP contribution in [0.2, 0.25) is 0 Å². The molecule has 5 heteroatoms. The molecular weight excluding hydrogens is 260 g/mol. The van der Waals surface area contributed by atoms with Crippen LogP contribution in [0.3, 0.4) is 0 Å². The number of aliphatic hydroxyl groups is 1. The summed E-state index contributed by atoms with van der Waals surface area (Å²) in [6, 6.07) is 0. The molecule has 1 aliphatic rings. The summed E-state index contributed by atoms with van der Waals surface area (Å²) in [5, 5.41) is 14.6. The Bertz CT molecular complexity index is 375. The lowest BCUT2D eigenvalue weighted by molar-refractivity contribution is 0.138. The predicted molar refractivity (Wildman–Crippen MR) is 77.0 cm³/mol. The van der Waals surface area contributed by atoms with E-state index in [2.05, 4.69) is 24.0 Å². The van der Waals surface area contributed by atoms with Crippen molar-refractivity contribution in [1.82, 2.24) is 10.1 Å². The van der Waals surface area contributed by atoms with Crippen molar-refractivity contribution in [1.29, 1.82) is 0 Å². The summed E-state index contributed by atoms with van der Waals surface area (Å²) in [4.78, 5) is 4.36. The Kier molecular flexibility index (Phi) is 5.70. The van der Waals surface area contributed by atoms with Crippen molar-refractivity contribution in [2.75, 3.05) is 0 Å². The standard InChI is InChI=1S/C14H24N2O2S/c1-10(2)7-11(17)8-14-15-13(16-18-14)9-19-12-5-3-4-6-12/h10-12,17H,3-9H2,1-2H3. The van der Waals surface area contributed by atoms with Crippen molar-refractivity contribution >= 4 is 11.8 Å². The molecule has 19 heavy (non-hydrogen) atoms. The van der Waals surface area contributed by atoms with Gasteiger partial charge in [-0.25, -0.2) is 0 Å². The molecule has 0 aromatic carbocycles. The maximum Gasteiger partial charge on any atom is 0.229 e. The van der Waals surface area contributed by atoms with Crippen LogP contribution in [-0.4, -0.2) is 26.6 Å². The second kappa shape index (κ2) is 7.29. The average Bonchev–Trinajstić information content (AvgIpc) is 2.95. The highest BCUT2D eigenvalue weighted by molar-refractivity contribution is 7.99. The number of aliphatic hydroxyl groups excluding tert-OH is 1. The molecular formula is C14H24N2O2S. The molecule has 0 bridgehead atoms. The van der Waals surface area contributed by atoms with E-state index in [1.165, 1.54) is 25.7 Å². The van der Waals surface area contributed by atoms with Crippen molar-refractivity contribution in [3.05, 3.63) is 11.7 Å². The second-order valence-electron chi connectivity index (χ2n) is 5.81. The third kappa shape index (κ3) is 5.15. The lowest BCUT2D eigenvalue weighted by Crippen LogP contribution is -2.13. The van der Waals surface area contributed by atoms with Crippen LogP contribution in [0.1, 0.15) is 57.7 Å². The second-order valence-corrected chi connectivity index (χ2v) is 7.10. The molecule has 1 heterocycles. The van der Waals surface area contributed by atoms with Gasteiger partial charge in [0.05, 0.1) is 18.3 Å². The van der Waals surface area contributed by atoms with Gasteiger partial charge in [-0.15, -0.1) is 0 Å². The zero-order valence-corrected chi connectivity index (χ0v) is 12.7. The van der Waals surface area contributed by atoms with Crippen molar-refractivity contribution in [3.63, 3.8) is 0 Å².